The molecule has 1 unspecified atom stereocenters. The monoisotopic (exact) mass is 298 g/mol. The number of hydrogen-bond acceptors (Lipinski definition) is 4. The maximum absolute atomic E-state index is 11.9. The van der Waals surface area contributed by atoms with E-state index in [1.807, 2.05) is 0 Å². The highest BCUT2D eigenvalue weighted by molar-refractivity contribution is 7.89. The van der Waals surface area contributed by atoms with Crippen LogP contribution >= 0.6 is 0 Å². The summed E-state index contributed by atoms with van der Waals surface area (Å²) in [5.74, 6) is -0.237. The van der Waals surface area contributed by atoms with Crippen LogP contribution in [0.5, 0.6) is 0 Å². The van der Waals surface area contributed by atoms with Gasteiger partial charge in [0.2, 0.25) is 10.0 Å². The van der Waals surface area contributed by atoms with Gasteiger partial charge in [-0.05, 0) is 44.5 Å². The highest BCUT2D eigenvalue weighted by atomic mass is 32.2. The molecule has 2 N–H and O–H groups in total. The fourth-order valence-electron chi connectivity index (χ4n) is 2.08. The van der Waals surface area contributed by atoms with Crippen molar-refractivity contribution in [2.24, 2.45) is 0 Å². The summed E-state index contributed by atoms with van der Waals surface area (Å²) < 4.78 is 31.3. The van der Waals surface area contributed by atoms with E-state index in [-0.39, 0.29) is 10.8 Å². The van der Waals surface area contributed by atoms with E-state index in [0.29, 0.717) is 24.3 Å². The summed E-state index contributed by atoms with van der Waals surface area (Å²) in [6, 6.07) is 4.79. The van der Waals surface area contributed by atoms with Crippen molar-refractivity contribution in [2.75, 3.05) is 19.0 Å². The van der Waals surface area contributed by atoms with Gasteiger partial charge in [-0.2, -0.15) is 0 Å². The molecule has 0 spiro atoms. The molecule has 1 saturated heterocycles. The van der Waals surface area contributed by atoms with E-state index >= 15 is 0 Å². The van der Waals surface area contributed by atoms with Crippen LogP contribution in [0.2, 0.25) is 0 Å². The van der Waals surface area contributed by atoms with Crippen LogP contribution in [0.3, 0.4) is 0 Å². The van der Waals surface area contributed by atoms with E-state index in [0.717, 1.165) is 6.42 Å². The number of sulfonamides is 1. The van der Waals surface area contributed by atoms with Crippen molar-refractivity contribution < 1.29 is 17.9 Å². The molecule has 1 aliphatic heterocycles. The number of amides is 1. The molecular formula is C13H18N2O4S. The van der Waals surface area contributed by atoms with Crippen molar-refractivity contribution in [1.82, 2.24) is 4.72 Å². The standard InChI is InChI=1S/C13H18N2O4S/c1-9-5-6-10(8-12(9)20(17,18)14-2)15-13(16)11-4-3-7-19-11/h5-6,8,11,14H,3-4,7H2,1-2H3,(H,15,16). The van der Waals surface area contributed by atoms with Crippen molar-refractivity contribution in [3.05, 3.63) is 23.8 Å². The van der Waals surface area contributed by atoms with E-state index in [1.54, 1.807) is 19.1 Å². The molecule has 0 aromatic heterocycles. The van der Waals surface area contributed by atoms with Gasteiger partial charge in [-0.15, -0.1) is 0 Å². The number of carbonyl (C=O) groups excluding carboxylic acids is 1. The first-order valence-corrected chi connectivity index (χ1v) is 7.89. The van der Waals surface area contributed by atoms with Crippen LogP contribution < -0.4 is 10.0 Å². The highest BCUT2D eigenvalue weighted by Crippen LogP contribution is 2.21. The van der Waals surface area contributed by atoms with Crippen molar-refractivity contribution in [3.8, 4) is 0 Å². The molecule has 1 aromatic carbocycles. The summed E-state index contributed by atoms with van der Waals surface area (Å²) >= 11 is 0. The molecule has 110 valence electrons. The third-order valence-corrected chi connectivity index (χ3v) is 4.79. The minimum absolute atomic E-state index is 0.158. The van der Waals surface area contributed by atoms with Crippen LogP contribution in [0.1, 0.15) is 18.4 Å². The minimum Gasteiger partial charge on any atom is -0.368 e. The number of ether oxygens (including phenoxy) is 1. The van der Waals surface area contributed by atoms with Crippen molar-refractivity contribution >= 4 is 21.6 Å². The van der Waals surface area contributed by atoms with Gasteiger partial charge in [0, 0.05) is 12.3 Å². The second-order valence-electron chi connectivity index (χ2n) is 4.68. The van der Waals surface area contributed by atoms with Crippen LogP contribution in [0.25, 0.3) is 0 Å². The molecule has 1 fully saturated rings. The summed E-state index contributed by atoms with van der Waals surface area (Å²) in [7, 11) is -2.19. The zero-order chi connectivity index (χ0) is 14.8. The summed E-state index contributed by atoms with van der Waals surface area (Å²) in [4.78, 5) is 12.1. The summed E-state index contributed by atoms with van der Waals surface area (Å²) in [6.45, 7) is 2.29. The van der Waals surface area contributed by atoms with E-state index in [2.05, 4.69) is 10.0 Å². The van der Waals surface area contributed by atoms with Crippen molar-refractivity contribution in [3.63, 3.8) is 0 Å². The molecule has 6 nitrogen and oxygen atoms in total. The number of benzene rings is 1. The van der Waals surface area contributed by atoms with Gasteiger partial charge < -0.3 is 10.1 Å². The molecule has 1 aromatic rings. The highest BCUT2D eigenvalue weighted by Gasteiger charge is 2.24. The summed E-state index contributed by atoms with van der Waals surface area (Å²) in [6.07, 6.45) is 1.12. The second kappa shape index (κ2) is 5.90. The molecule has 0 bridgehead atoms. The van der Waals surface area contributed by atoms with Gasteiger partial charge in [0.1, 0.15) is 6.10 Å². The molecule has 0 radical (unpaired) electrons. The van der Waals surface area contributed by atoms with E-state index in [9.17, 15) is 13.2 Å². The summed E-state index contributed by atoms with van der Waals surface area (Å²) in [5.41, 5.74) is 1.07. The van der Waals surface area contributed by atoms with E-state index < -0.39 is 16.1 Å². The predicted molar refractivity (Wildman–Crippen MR) is 75.0 cm³/mol. The second-order valence-corrected chi connectivity index (χ2v) is 6.53. The Morgan fingerprint density at radius 3 is 2.75 bits per heavy atom. The van der Waals surface area contributed by atoms with Gasteiger partial charge in [0.25, 0.3) is 5.91 Å². The number of anilines is 1. The van der Waals surface area contributed by atoms with Gasteiger partial charge in [-0.3, -0.25) is 4.79 Å². The smallest absolute Gasteiger partial charge is 0.253 e. The number of carbonyl (C=O) groups is 1. The Kier molecular flexibility index (Phi) is 4.42. The Morgan fingerprint density at radius 2 is 2.15 bits per heavy atom. The van der Waals surface area contributed by atoms with Gasteiger partial charge in [-0.25, -0.2) is 13.1 Å². The third-order valence-electron chi connectivity index (χ3n) is 3.24. The predicted octanol–water partition coefficient (Wildman–Crippen LogP) is 1.02. The quantitative estimate of drug-likeness (QED) is 0.869. The topological polar surface area (TPSA) is 84.5 Å². The van der Waals surface area contributed by atoms with Crippen LogP contribution in [0, 0.1) is 6.92 Å². The Balaban J connectivity index is 2.21. The molecular weight excluding hydrogens is 280 g/mol. The lowest BCUT2D eigenvalue weighted by Crippen LogP contribution is -2.27. The van der Waals surface area contributed by atoms with Crippen LogP contribution in [-0.2, 0) is 19.6 Å². The Hall–Kier alpha value is -1.44. The minimum atomic E-state index is -3.54. The Bertz CT molecular complexity index is 607. The first-order chi connectivity index (χ1) is 9.44. The lowest BCUT2D eigenvalue weighted by molar-refractivity contribution is -0.124. The van der Waals surface area contributed by atoms with Gasteiger partial charge in [0.05, 0.1) is 4.90 Å². The zero-order valence-electron chi connectivity index (χ0n) is 11.5. The number of nitrogens with one attached hydrogen (secondary N) is 2. The largest absolute Gasteiger partial charge is 0.368 e. The van der Waals surface area contributed by atoms with Crippen molar-refractivity contribution in [2.45, 2.75) is 30.8 Å². The van der Waals surface area contributed by atoms with Gasteiger partial charge in [0.15, 0.2) is 0 Å². The molecule has 0 aliphatic carbocycles. The van der Waals surface area contributed by atoms with Crippen LogP contribution in [0.4, 0.5) is 5.69 Å². The number of rotatable bonds is 4. The fourth-order valence-corrected chi connectivity index (χ4v) is 3.08. The lowest BCUT2D eigenvalue weighted by Gasteiger charge is -2.12. The number of hydrogen-bond donors (Lipinski definition) is 2. The van der Waals surface area contributed by atoms with E-state index in [4.69, 9.17) is 4.74 Å². The molecule has 20 heavy (non-hydrogen) atoms. The molecule has 1 amide bonds. The third kappa shape index (κ3) is 3.17. The molecule has 1 heterocycles. The molecule has 0 saturated carbocycles. The van der Waals surface area contributed by atoms with Crippen LogP contribution in [-0.4, -0.2) is 34.1 Å². The Morgan fingerprint density at radius 1 is 1.40 bits per heavy atom. The molecule has 2 rings (SSSR count). The van der Waals surface area contributed by atoms with Crippen molar-refractivity contribution in [1.29, 1.82) is 0 Å². The average molecular weight is 298 g/mol. The molecule has 1 atom stereocenters. The van der Waals surface area contributed by atoms with Gasteiger partial charge in [-0.1, -0.05) is 6.07 Å². The van der Waals surface area contributed by atoms with Crippen LogP contribution in [0.15, 0.2) is 23.1 Å². The van der Waals surface area contributed by atoms with E-state index in [1.165, 1.54) is 13.1 Å². The normalized spacial score (nSPS) is 19.0. The first kappa shape index (κ1) is 15.0. The molecule has 1 aliphatic rings. The molecule has 7 heteroatoms. The summed E-state index contributed by atoms with van der Waals surface area (Å²) in [5, 5.41) is 2.69. The zero-order valence-corrected chi connectivity index (χ0v) is 12.3. The average Bonchev–Trinajstić information content (AvgIpc) is 2.95. The SMILES string of the molecule is CNS(=O)(=O)c1cc(NC(=O)C2CCCO2)ccc1C. The fraction of sp³-hybridized carbons (Fsp3) is 0.462. The maximum Gasteiger partial charge on any atom is 0.253 e. The number of aryl methyl sites for hydroxylation is 1. The lowest BCUT2D eigenvalue weighted by atomic mass is 10.2. The first-order valence-electron chi connectivity index (χ1n) is 6.41. The maximum atomic E-state index is 11.9. The van der Waals surface area contributed by atoms with Gasteiger partial charge >= 0.3 is 0 Å². The Labute approximate surface area is 118 Å².